The summed E-state index contributed by atoms with van der Waals surface area (Å²) in [5, 5.41) is 5.94. The fourth-order valence-electron chi connectivity index (χ4n) is 3.56. The number of anilines is 2. The molecule has 0 bridgehead atoms. The van der Waals surface area contributed by atoms with E-state index in [4.69, 9.17) is 4.42 Å². The van der Waals surface area contributed by atoms with Gasteiger partial charge in [-0.1, -0.05) is 6.07 Å². The van der Waals surface area contributed by atoms with Crippen LogP contribution in [0.2, 0.25) is 0 Å². The molecule has 0 unspecified atom stereocenters. The molecule has 1 aromatic carbocycles. The van der Waals surface area contributed by atoms with Crippen molar-refractivity contribution in [2.45, 2.75) is 6.92 Å². The minimum Gasteiger partial charge on any atom is -0.448 e. The minimum absolute atomic E-state index is 0.0759. The number of nitrogens with one attached hydrogen (secondary N) is 2. The first-order chi connectivity index (χ1) is 17.7. The number of pyridine rings is 2. The lowest BCUT2D eigenvalue weighted by Gasteiger charge is -2.19. The Morgan fingerprint density at radius 1 is 0.865 bits per heavy atom. The Morgan fingerprint density at radius 3 is 2.27 bits per heavy atom. The van der Waals surface area contributed by atoms with Crippen molar-refractivity contribution in [3.63, 3.8) is 0 Å². The molecule has 4 rings (SSSR count). The number of furan rings is 1. The molecule has 0 fully saturated rings. The molecule has 0 saturated carbocycles. The molecular formula is C27H28N6O4. The molecule has 0 saturated heterocycles. The Labute approximate surface area is 214 Å². The molecule has 10 heteroatoms. The van der Waals surface area contributed by atoms with E-state index in [1.54, 1.807) is 54.5 Å². The standard InChI is InChI=1S/C27H28N6O4/c1-17-5-10-22(29-15-17)30-26(35)24-23(20-16-28-12-11-21(20)37-24)31-25(34)18-6-8-19(9-7-18)27(36)33(4)14-13-32(2)3/h5-12,15-16H,13-14H2,1-4H3,(H,31,34)(H,29,30,35). The Morgan fingerprint density at radius 2 is 1.59 bits per heavy atom. The van der Waals surface area contributed by atoms with E-state index in [2.05, 4.69) is 20.6 Å². The van der Waals surface area contributed by atoms with Crippen LogP contribution in [0.25, 0.3) is 11.0 Å². The van der Waals surface area contributed by atoms with Gasteiger partial charge in [-0.3, -0.25) is 19.4 Å². The molecule has 190 valence electrons. The van der Waals surface area contributed by atoms with Gasteiger partial charge in [-0.15, -0.1) is 0 Å². The molecule has 2 N–H and O–H groups in total. The van der Waals surface area contributed by atoms with Gasteiger partial charge in [0, 0.05) is 49.9 Å². The predicted octanol–water partition coefficient (Wildman–Crippen LogP) is 3.67. The summed E-state index contributed by atoms with van der Waals surface area (Å²) in [6, 6.07) is 11.5. The Hall–Kier alpha value is -4.57. The van der Waals surface area contributed by atoms with Crippen LogP contribution in [0.1, 0.15) is 36.8 Å². The Kier molecular flexibility index (Phi) is 7.59. The number of nitrogens with zero attached hydrogens (tertiary/aromatic N) is 4. The third-order valence-electron chi connectivity index (χ3n) is 5.71. The second-order valence-corrected chi connectivity index (χ2v) is 8.91. The second kappa shape index (κ2) is 11.0. The van der Waals surface area contributed by atoms with Crippen molar-refractivity contribution >= 4 is 40.2 Å². The first kappa shape index (κ1) is 25.5. The summed E-state index contributed by atoms with van der Waals surface area (Å²) >= 11 is 0. The molecule has 0 aliphatic carbocycles. The summed E-state index contributed by atoms with van der Waals surface area (Å²) in [5.74, 6) is -0.890. The number of carbonyl (C=O) groups is 3. The van der Waals surface area contributed by atoms with E-state index in [0.29, 0.717) is 34.5 Å². The summed E-state index contributed by atoms with van der Waals surface area (Å²) in [5.41, 5.74) is 2.34. The van der Waals surface area contributed by atoms with Crippen LogP contribution in [0, 0.1) is 6.92 Å². The zero-order chi connectivity index (χ0) is 26.5. The van der Waals surface area contributed by atoms with E-state index >= 15 is 0 Å². The van der Waals surface area contributed by atoms with Crippen molar-refractivity contribution in [1.82, 2.24) is 19.8 Å². The number of hydrogen-bond donors (Lipinski definition) is 2. The van der Waals surface area contributed by atoms with E-state index in [9.17, 15) is 14.4 Å². The molecule has 3 amide bonds. The summed E-state index contributed by atoms with van der Waals surface area (Å²) in [6.45, 7) is 3.22. The number of aromatic nitrogens is 2. The van der Waals surface area contributed by atoms with Crippen molar-refractivity contribution in [2.24, 2.45) is 0 Å². The SMILES string of the molecule is Cc1ccc(NC(=O)c2oc3ccncc3c2NC(=O)c2ccc(C(=O)N(C)CCN(C)C)cc2)nc1. The van der Waals surface area contributed by atoms with Crippen LogP contribution < -0.4 is 10.6 Å². The third kappa shape index (κ3) is 5.99. The molecule has 0 spiro atoms. The molecule has 3 aromatic heterocycles. The number of rotatable bonds is 8. The quantitative estimate of drug-likeness (QED) is 0.379. The van der Waals surface area contributed by atoms with Crippen LogP contribution in [0.5, 0.6) is 0 Å². The summed E-state index contributed by atoms with van der Waals surface area (Å²) < 4.78 is 5.76. The zero-order valence-corrected chi connectivity index (χ0v) is 21.1. The van der Waals surface area contributed by atoms with Crippen LogP contribution in [0.3, 0.4) is 0 Å². The number of carbonyl (C=O) groups excluding carboxylic acids is 3. The molecule has 4 aromatic rings. The van der Waals surface area contributed by atoms with Gasteiger partial charge in [0.05, 0.1) is 5.39 Å². The van der Waals surface area contributed by atoms with Gasteiger partial charge >= 0.3 is 0 Å². The maximum Gasteiger partial charge on any atom is 0.294 e. The Bertz CT molecular complexity index is 1430. The van der Waals surface area contributed by atoms with E-state index < -0.39 is 11.8 Å². The highest BCUT2D eigenvalue weighted by Gasteiger charge is 2.24. The van der Waals surface area contributed by atoms with Crippen LogP contribution in [0.4, 0.5) is 11.5 Å². The van der Waals surface area contributed by atoms with E-state index in [1.807, 2.05) is 32.0 Å². The fraction of sp³-hybridized carbons (Fsp3) is 0.222. The minimum atomic E-state index is -0.565. The average molecular weight is 501 g/mol. The van der Waals surface area contributed by atoms with Gasteiger partial charge in [-0.05, 0) is 63.0 Å². The summed E-state index contributed by atoms with van der Waals surface area (Å²) in [6.07, 6.45) is 4.68. The maximum absolute atomic E-state index is 13.1. The number of likely N-dealkylation sites (N-methyl/N-ethyl adjacent to an activating group) is 2. The van der Waals surface area contributed by atoms with Gasteiger partial charge < -0.3 is 24.9 Å². The smallest absolute Gasteiger partial charge is 0.294 e. The van der Waals surface area contributed by atoms with Crippen LogP contribution in [-0.2, 0) is 0 Å². The largest absolute Gasteiger partial charge is 0.448 e. The molecule has 0 radical (unpaired) electrons. The highest BCUT2D eigenvalue weighted by molar-refractivity contribution is 6.16. The number of aryl methyl sites for hydroxylation is 1. The molecule has 37 heavy (non-hydrogen) atoms. The fourth-order valence-corrected chi connectivity index (χ4v) is 3.56. The van der Waals surface area contributed by atoms with Gasteiger partial charge in [-0.25, -0.2) is 4.98 Å². The first-order valence-corrected chi connectivity index (χ1v) is 11.6. The van der Waals surface area contributed by atoms with Gasteiger partial charge in [0.2, 0.25) is 5.76 Å². The van der Waals surface area contributed by atoms with Gasteiger partial charge in [0.25, 0.3) is 17.7 Å². The van der Waals surface area contributed by atoms with Crippen molar-refractivity contribution in [3.8, 4) is 0 Å². The average Bonchev–Trinajstić information content (AvgIpc) is 3.26. The number of fused-ring (bicyclic) bond motifs is 1. The lowest BCUT2D eigenvalue weighted by atomic mass is 10.1. The monoisotopic (exact) mass is 500 g/mol. The maximum atomic E-state index is 13.1. The van der Waals surface area contributed by atoms with Gasteiger partial charge in [-0.2, -0.15) is 0 Å². The van der Waals surface area contributed by atoms with Gasteiger partial charge in [0.15, 0.2) is 0 Å². The highest BCUT2D eigenvalue weighted by atomic mass is 16.3. The topological polar surface area (TPSA) is 121 Å². The van der Waals surface area contributed by atoms with Crippen molar-refractivity contribution in [3.05, 3.63) is 83.5 Å². The van der Waals surface area contributed by atoms with E-state index in [1.165, 1.54) is 12.4 Å². The molecule has 10 nitrogen and oxygen atoms in total. The molecule has 0 aliphatic rings. The lowest BCUT2D eigenvalue weighted by Crippen LogP contribution is -2.33. The predicted molar refractivity (Wildman–Crippen MR) is 141 cm³/mol. The van der Waals surface area contributed by atoms with E-state index in [-0.39, 0.29) is 17.4 Å². The number of hydrogen-bond acceptors (Lipinski definition) is 7. The first-order valence-electron chi connectivity index (χ1n) is 11.6. The molecule has 0 atom stereocenters. The van der Waals surface area contributed by atoms with Crippen molar-refractivity contribution in [1.29, 1.82) is 0 Å². The zero-order valence-electron chi connectivity index (χ0n) is 21.1. The highest BCUT2D eigenvalue weighted by Crippen LogP contribution is 2.31. The van der Waals surface area contributed by atoms with Gasteiger partial charge in [0.1, 0.15) is 17.1 Å². The van der Waals surface area contributed by atoms with Crippen LogP contribution >= 0.6 is 0 Å². The number of benzene rings is 1. The van der Waals surface area contributed by atoms with Crippen molar-refractivity contribution in [2.75, 3.05) is 44.9 Å². The van der Waals surface area contributed by atoms with E-state index in [0.717, 1.165) is 12.1 Å². The third-order valence-corrected chi connectivity index (χ3v) is 5.71. The number of amides is 3. The van der Waals surface area contributed by atoms with Crippen LogP contribution in [0.15, 0.2) is 65.5 Å². The summed E-state index contributed by atoms with van der Waals surface area (Å²) in [4.78, 5) is 50.7. The summed E-state index contributed by atoms with van der Waals surface area (Å²) in [7, 11) is 5.63. The second-order valence-electron chi connectivity index (χ2n) is 8.91. The molecule has 0 aliphatic heterocycles. The lowest BCUT2D eigenvalue weighted by molar-refractivity contribution is 0.0785. The Balaban J connectivity index is 1.54. The molecular weight excluding hydrogens is 472 g/mol. The van der Waals surface area contributed by atoms with Crippen molar-refractivity contribution < 1.29 is 18.8 Å². The normalized spacial score (nSPS) is 10.9. The molecule has 3 heterocycles. The van der Waals surface area contributed by atoms with Crippen LogP contribution in [-0.4, -0.2) is 71.7 Å².